The fraction of sp³-hybridized carbons (Fsp3) is 0. The Bertz CT molecular complexity index is 3130. The van der Waals surface area contributed by atoms with E-state index in [0.717, 1.165) is 39.0 Å². The van der Waals surface area contributed by atoms with Crippen molar-refractivity contribution in [2.75, 3.05) is 4.90 Å². The Hall–Kier alpha value is -6.20. The highest BCUT2D eigenvalue weighted by Crippen LogP contribution is 2.50. The van der Waals surface area contributed by atoms with Crippen LogP contribution in [0, 0.1) is 0 Å². The van der Waals surface area contributed by atoms with Gasteiger partial charge in [0.05, 0.1) is 5.69 Å². The first-order valence-electron chi connectivity index (χ1n) is 17.5. The van der Waals surface area contributed by atoms with E-state index in [0.29, 0.717) is 0 Å². The third-order valence-corrected chi connectivity index (χ3v) is 12.6. The van der Waals surface area contributed by atoms with Crippen molar-refractivity contribution in [3.05, 3.63) is 176 Å². The van der Waals surface area contributed by atoms with E-state index >= 15 is 0 Å². The van der Waals surface area contributed by atoms with E-state index in [-0.39, 0.29) is 0 Å². The molecular formula is C48H29NOS2. The van der Waals surface area contributed by atoms with Gasteiger partial charge in [-0.05, 0) is 76.9 Å². The van der Waals surface area contributed by atoms with Crippen LogP contribution in [0.15, 0.2) is 180 Å². The third kappa shape index (κ3) is 4.62. The predicted molar refractivity (Wildman–Crippen MR) is 225 cm³/mol. The van der Waals surface area contributed by atoms with Crippen LogP contribution in [0.4, 0.5) is 17.1 Å². The van der Waals surface area contributed by atoms with Crippen LogP contribution in [-0.2, 0) is 0 Å². The summed E-state index contributed by atoms with van der Waals surface area (Å²) in [4.78, 5) is 2.46. The van der Waals surface area contributed by atoms with E-state index in [1.165, 1.54) is 62.6 Å². The van der Waals surface area contributed by atoms with Gasteiger partial charge < -0.3 is 9.32 Å². The zero-order valence-corrected chi connectivity index (χ0v) is 29.5. The molecule has 0 saturated heterocycles. The molecule has 11 aromatic rings. The normalized spacial score (nSPS) is 11.8. The number of fused-ring (bicyclic) bond motifs is 9. The highest BCUT2D eigenvalue weighted by atomic mass is 32.1. The van der Waals surface area contributed by atoms with Crippen molar-refractivity contribution in [3.63, 3.8) is 0 Å². The number of rotatable bonds is 5. The summed E-state index contributed by atoms with van der Waals surface area (Å²) in [5.74, 6) is 0. The number of thiophene rings is 2. The molecule has 244 valence electrons. The molecule has 0 aliphatic heterocycles. The highest BCUT2D eigenvalue weighted by molar-refractivity contribution is 7.26. The van der Waals surface area contributed by atoms with Crippen LogP contribution in [0.2, 0.25) is 0 Å². The zero-order chi connectivity index (χ0) is 34.2. The van der Waals surface area contributed by atoms with E-state index in [4.69, 9.17) is 4.42 Å². The summed E-state index contributed by atoms with van der Waals surface area (Å²) in [5.41, 5.74) is 10.1. The number of hydrogen-bond donors (Lipinski definition) is 0. The monoisotopic (exact) mass is 699 g/mol. The summed E-state index contributed by atoms with van der Waals surface area (Å²) in [6.07, 6.45) is 0. The van der Waals surface area contributed by atoms with Gasteiger partial charge in [-0.2, -0.15) is 0 Å². The van der Waals surface area contributed by atoms with E-state index in [1.807, 2.05) is 28.7 Å². The number of nitrogens with zero attached hydrogens (tertiary/aromatic N) is 1. The number of hydrogen-bond acceptors (Lipinski definition) is 4. The Morgan fingerprint density at radius 2 is 1.04 bits per heavy atom. The summed E-state index contributed by atoms with van der Waals surface area (Å²) < 4.78 is 11.4. The molecule has 3 aromatic heterocycles. The molecule has 0 saturated carbocycles. The molecule has 0 fully saturated rings. The SMILES string of the molecule is c1ccc(-c2ccc3c(c2)sc2c(-c4ccccc4)ccc(N(c4ccc5c(c4)sc4ccccc45)c4ccc5oc6ccccc6c5c4)c23)cc1. The second-order valence-electron chi connectivity index (χ2n) is 13.3. The first-order valence-corrected chi connectivity index (χ1v) is 19.1. The second kappa shape index (κ2) is 11.7. The van der Waals surface area contributed by atoms with Gasteiger partial charge in [0, 0.05) is 62.5 Å². The Labute approximate surface area is 308 Å². The summed E-state index contributed by atoms with van der Waals surface area (Å²) in [6, 6.07) is 63.7. The number of anilines is 3. The van der Waals surface area contributed by atoms with Crippen molar-refractivity contribution in [3.8, 4) is 22.3 Å². The van der Waals surface area contributed by atoms with Crippen molar-refractivity contribution in [1.29, 1.82) is 0 Å². The summed E-state index contributed by atoms with van der Waals surface area (Å²) >= 11 is 3.74. The van der Waals surface area contributed by atoms with Crippen molar-refractivity contribution in [2.24, 2.45) is 0 Å². The van der Waals surface area contributed by atoms with E-state index in [2.05, 4.69) is 175 Å². The van der Waals surface area contributed by atoms with Gasteiger partial charge in [0.15, 0.2) is 0 Å². The van der Waals surface area contributed by atoms with Gasteiger partial charge in [-0.3, -0.25) is 0 Å². The summed E-state index contributed by atoms with van der Waals surface area (Å²) in [5, 5.41) is 7.35. The molecule has 8 aromatic carbocycles. The third-order valence-electron chi connectivity index (χ3n) is 10.3. The molecular weight excluding hydrogens is 671 g/mol. The first-order chi connectivity index (χ1) is 25.8. The lowest BCUT2D eigenvalue weighted by Gasteiger charge is -2.27. The number of para-hydroxylation sites is 1. The largest absolute Gasteiger partial charge is 0.456 e. The maximum atomic E-state index is 6.30. The molecule has 0 spiro atoms. The minimum absolute atomic E-state index is 0.892. The second-order valence-corrected chi connectivity index (χ2v) is 15.4. The van der Waals surface area contributed by atoms with Gasteiger partial charge in [0.25, 0.3) is 0 Å². The molecule has 52 heavy (non-hydrogen) atoms. The van der Waals surface area contributed by atoms with Crippen molar-refractivity contribution in [2.45, 2.75) is 0 Å². The Morgan fingerprint density at radius 1 is 0.385 bits per heavy atom. The highest BCUT2D eigenvalue weighted by Gasteiger charge is 2.23. The van der Waals surface area contributed by atoms with Gasteiger partial charge in [-0.1, -0.05) is 121 Å². The first kappa shape index (κ1) is 29.5. The topological polar surface area (TPSA) is 16.4 Å². The van der Waals surface area contributed by atoms with Crippen LogP contribution in [-0.4, -0.2) is 0 Å². The minimum Gasteiger partial charge on any atom is -0.456 e. The lowest BCUT2D eigenvalue weighted by Crippen LogP contribution is -2.10. The fourth-order valence-corrected chi connectivity index (χ4v) is 10.3. The quantitative estimate of drug-likeness (QED) is 0.178. The zero-order valence-electron chi connectivity index (χ0n) is 27.9. The lowest BCUT2D eigenvalue weighted by molar-refractivity contribution is 0.669. The van der Waals surface area contributed by atoms with Gasteiger partial charge in [-0.25, -0.2) is 0 Å². The predicted octanol–water partition coefficient (Wildman–Crippen LogP) is 15.1. The van der Waals surface area contributed by atoms with E-state index in [9.17, 15) is 0 Å². The van der Waals surface area contributed by atoms with Crippen LogP contribution >= 0.6 is 22.7 Å². The summed E-state index contributed by atoms with van der Waals surface area (Å²) in [7, 11) is 0. The molecule has 4 heteroatoms. The van der Waals surface area contributed by atoms with Crippen molar-refractivity contribution < 1.29 is 4.42 Å². The average Bonchev–Trinajstić information content (AvgIpc) is 3.89. The molecule has 0 aliphatic rings. The van der Waals surface area contributed by atoms with Gasteiger partial charge in [-0.15, -0.1) is 22.7 Å². The minimum atomic E-state index is 0.892. The van der Waals surface area contributed by atoms with Gasteiger partial charge >= 0.3 is 0 Å². The van der Waals surface area contributed by atoms with Crippen LogP contribution in [0.1, 0.15) is 0 Å². The molecule has 0 N–H and O–H groups in total. The van der Waals surface area contributed by atoms with Crippen LogP contribution < -0.4 is 4.90 Å². The molecule has 0 radical (unpaired) electrons. The average molecular weight is 700 g/mol. The molecule has 3 heterocycles. The van der Waals surface area contributed by atoms with Crippen LogP contribution in [0.3, 0.4) is 0 Å². The van der Waals surface area contributed by atoms with Gasteiger partial charge in [0.2, 0.25) is 0 Å². The Kier molecular flexibility index (Phi) is 6.63. The maximum absolute atomic E-state index is 6.30. The molecule has 0 aliphatic carbocycles. The smallest absolute Gasteiger partial charge is 0.135 e. The molecule has 0 amide bonds. The molecule has 11 rings (SSSR count). The molecule has 0 atom stereocenters. The van der Waals surface area contributed by atoms with E-state index < -0.39 is 0 Å². The number of furan rings is 1. The molecule has 0 unspecified atom stereocenters. The van der Waals surface area contributed by atoms with E-state index in [1.54, 1.807) is 0 Å². The number of benzene rings is 8. The van der Waals surface area contributed by atoms with Crippen LogP contribution in [0.5, 0.6) is 0 Å². The van der Waals surface area contributed by atoms with Crippen LogP contribution in [0.25, 0.3) is 84.5 Å². The standard InChI is InChI=1S/C48H29NOS2/c1-3-11-30(12-4-1)32-19-22-39-45(27-32)52-48-35(31-13-5-2-6-14-31)24-25-41(47(39)48)49(33-21-26-43-40(28-33)36-15-7-9-17-42(36)50-43)34-20-23-38-37-16-8-10-18-44(37)51-46(38)29-34/h1-29H. The Morgan fingerprint density at radius 3 is 1.90 bits per heavy atom. The summed E-state index contributed by atoms with van der Waals surface area (Å²) in [6.45, 7) is 0. The van der Waals surface area contributed by atoms with Crippen molar-refractivity contribution in [1.82, 2.24) is 0 Å². The molecule has 0 bridgehead atoms. The fourth-order valence-electron chi connectivity index (χ4n) is 7.84. The molecule has 2 nitrogen and oxygen atoms in total. The van der Waals surface area contributed by atoms with Gasteiger partial charge in [0.1, 0.15) is 11.2 Å². The Balaban J connectivity index is 1.21. The lowest BCUT2D eigenvalue weighted by atomic mass is 9.98. The van der Waals surface area contributed by atoms with Crippen molar-refractivity contribution >= 4 is 102 Å². The maximum Gasteiger partial charge on any atom is 0.135 e.